The van der Waals surface area contributed by atoms with Crippen molar-refractivity contribution < 1.29 is 29.3 Å². The highest BCUT2D eigenvalue weighted by Gasteiger charge is 2.26. The van der Waals surface area contributed by atoms with Crippen molar-refractivity contribution in [1.82, 2.24) is 9.03 Å². The maximum absolute atomic E-state index is 12.3. The van der Waals surface area contributed by atoms with Crippen molar-refractivity contribution in [3.8, 4) is 5.75 Å². The molecule has 0 saturated heterocycles. The van der Waals surface area contributed by atoms with Gasteiger partial charge < -0.3 is 26.0 Å². The summed E-state index contributed by atoms with van der Waals surface area (Å²) < 4.78 is 9.56. The number of halogens is 1. The topological polar surface area (TPSA) is 178 Å². The molecule has 0 bridgehead atoms. The van der Waals surface area contributed by atoms with Gasteiger partial charge in [-0.15, -0.1) is 0 Å². The summed E-state index contributed by atoms with van der Waals surface area (Å²) in [5.41, 5.74) is 6.81. The first kappa shape index (κ1) is 25.9. The molecule has 11 nitrogen and oxygen atoms in total. The average molecular weight is 496 g/mol. The summed E-state index contributed by atoms with van der Waals surface area (Å²) >= 11 is 7.18. The van der Waals surface area contributed by atoms with Crippen molar-refractivity contribution in [2.24, 2.45) is 5.73 Å². The number of carbonyl (C=O) groups excluding carboxylic acids is 1. The number of guanidine groups is 1. The zero-order valence-corrected chi connectivity index (χ0v) is 18.9. The summed E-state index contributed by atoms with van der Waals surface area (Å²) in [4.78, 5) is 34.4. The first-order valence-corrected chi connectivity index (χ1v) is 10.5. The number of carboxylic acid groups (broad SMARTS) is 2. The second-order valence-corrected chi connectivity index (χ2v) is 8.14. The Kier molecular flexibility index (Phi) is 9.48. The number of carboxylic acids is 2. The number of esters is 1. The van der Waals surface area contributed by atoms with Gasteiger partial charge >= 0.3 is 17.9 Å². The van der Waals surface area contributed by atoms with E-state index < -0.39 is 30.4 Å². The zero-order chi connectivity index (χ0) is 24.5. The molecule has 7 N–H and O–H groups in total. The molecule has 0 saturated carbocycles. The molecule has 0 aliphatic heterocycles. The van der Waals surface area contributed by atoms with Gasteiger partial charge in [-0.2, -0.15) is 0 Å². The van der Waals surface area contributed by atoms with Gasteiger partial charge in [-0.1, -0.05) is 17.7 Å². The van der Waals surface area contributed by atoms with E-state index >= 15 is 0 Å². The number of hydrogen-bond donors (Lipinski definition) is 6. The Bertz CT molecular complexity index is 1040. The molecule has 0 heterocycles. The van der Waals surface area contributed by atoms with Crippen LogP contribution >= 0.6 is 23.7 Å². The van der Waals surface area contributed by atoms with Crippen LogP contribution < -0.4 is 20.5 Å². The number of carbonyl (C=O) groups is 3. The van der Waals surface area contributed by atoms with Crippen molar-refractivity contribution in [3.63, 3.8) is 0 Å². The van der Waals surface area contributed by atoms with E-state index in [9.17, 15) is 14.4 Å². The standard InChI is InChI=1S/C20H22ClN5O6S/c1-26(15(18(29)30)9-17(27)28)33-24-10-11-2-7-16(14(21)8-11)32-19(31)12-3-5-13(6-4-12)25-20(22)23/h2-8,15,24H,9-10H2,1H3,(H,27,28)(H,29,30)(H4,22,23,25). The van der Waals surface area contributed by atoms with Crippen LogP contribution in [0, 0.1) is 5.41 Å². The lowest BCUT2D eigenvalue weighted by molar-refractivity contribution is -0.147. The molecule has 0 aliphatic rings. The summed E-state index contributed by atoms with van der Waals surface area (Å²) in [5, 5.41) is 28.0. The van der Waals surface area contributed by atoms with Crippen LogP contribution in [0.1, 0.15) is 22.3 Å². The van der Waals surface area contributed by atoms with E-state index in [1.54, 1.807) is 24.3 Å². The highest BCUT2D eigenvalue weighted by Crippen LogP contribution is 2.27. The maximum atomic E-state index is 12.3. The van der Waals surface area contributed by atoms with Gasteiger partial charge in [0.1, 0.15) is 11.8 Å². The van der Waals surface area contributed by atoms with E-state index in [4.69, 9.17) is 37.7 Å². The zero-order valence-electron chi connectivity index (χ0n) is 17.4. The number of nitrogens with zero attached hydrogens (tertiary/aromatic N) is 1. The Morgan fingerprint density at radius 3 is 2.42 bits per heavy atom. The molecule has 2 rings (SSSR count). The summed E-state index contributed by atoms with van der Waals surface area (Å²) in [5.74, 6) is -3.14. The number of anilines is 1. The van der Waals surface area contributed by atoms with Crippen LogP contribution in [-0.2, 0) is 16.1 Å². The Labute approximate surface area is 198 Å². The first-order chi connectivity index (χ1) is 15.6. The third-order valence-corrected chi connectivity index (χ3v) is 5.29. The highest BCUT2D eigenvalue weighted by molar-refractivity contribution is 7.95. The molecule has 1 unspecified atom stereocenters. The smallest absolute Gasteiger partial charge is 0.343 e. The van der Waals surface area contributed by atoms with Crippen molar-refractivity contribution in [1.29, 1.82) is 5.41 Å². The van der Waals surface area contributed by atoms with Gasteiger partial charge in [0.2, 0.25) is 0 Å². The van der Waals surface area contributed by atoms with Gasteiger partial charge in [-0.3, -0.25) is 15.0 Å². The third kappa shape index (κ3) is 8.27. The number of hydrogen-bond acceptors (Lipinski definition) is 8. The molecule has 1 atom stereocenters. The van der Waals surface area contributed by atoms with Crippen LogP contribution in [0.25, 0.3) is 0 Å². The van der Waals surface area contributed by atoms with Crippen LogP contribution in [0.4, 0.5) is 5.69 Å². The molecular weight excluding hydrogens is 474 g/mol. The van der Waals surface area contributed by atoms with Gasteiger partial charge in [0.25, 0.3) is 0 Å². The van der Waals surface area contributed by atoms with Crippen molar-refractivity contribution in [2.45, 2.75) is 19.0 Å². The lowest BCUT2D eigenvalue weighted by atomic mass is 10.2. The Morgan fingerprint density at radius 2 is 1.88 bits per heavy atom. The molecule has 0 aromatic heterocycles. The monoisotopic (exact) mass is 495 g/mol. The van der Waals surface area contributed by atoms with Crippen LogP contribution in [0.15, 0.2) is 42.5 Å². The number of nitrogens with one attached hydrogen (secondary N) is 3. The van der Waals surface area contributed by atoms with Crippen LogP contribution in [-0.4, -0.2) is 51.5 Å². The van der Waals surface area contributed by atoms with Gasteiger partial charge in [0.05, 0.1) is 17.0 Å². The highest BCUT2D eigenvalue weighted by atomic mass is 35.5. The molecule has 33 heavy (non-hydrogen) atoms. The molecule has 0 aliphatic carbocycles. The number of benzene rings is 2. The molecular formula is C20H22ClN5O6S. The Balaban J connectivity index is 1.92. The number of nitrogens with two attached hydrogens (primary N) is 1. The van der Waals surface area contributed by atoms with E-state index in [1.165, 1.54) is 29.6 Å². The van der Waals surface area contributed by atoms with Gasteiger partial charge in [-0.25, -0.2) is 13.8 Å². The lowest BCUT2D eigenvalue weighted by Gasteiger charge is -2.22. The summed E-state index contributed by atoms with van der Waals surface area (Å²) in [7, 11) is 1.47. The number of rotatable bonds is 11. The second-order valence-electron chi connectivity index (χ2n) is 6.68. The van der Waals surface area contributed by atoms with Gasteiger partial charge in [-0.05, 0) is 49.0 Å². The quantitative estimate of drug-likeness (QED) is 0.0885. The van der Waals surface area contributed by atoms with E-state index in [0.717, 1.165) is 17.7 Å². The minimum absolute atomic E-state index is 0.161. The number of likely N-dealkylation sites (N-methyl/N-ethyl adjacent to an activating group) is 1. The normalized spacial score (nSPS) is 11.6. The maximum Gasteiger partial charge on any atom is 0.343 e. The average Bonchev–Trinajstić information content (AvgIpc) is 2.73. The number of aliphatic carboxylic acids is 2. The van der Waals surface area contributed by atoms with E-state index in [-0.39, 0.29) is 28.8 Å². The van der Waals surface area contributed by atoms with E-state index in [1.807, 2.05) is 0 Å². The molecule has 0 amide bonds. The van der Waals surface area contributed by atoms with Crippen LogP contribution in [0.2, 0.25) is 5.02 Å². The number of ether oxygens (including phenoxy) is 1. The molecule has 0 fully saturated rings. The molecule has 2 aromatic carbocycles. The predicted octanol–water partition coefficient (Wildman–Crippen LogP) is 2.38. The molecule has 176 valence electrons. The van der Waals surface area contributed by atoms with Gasteiger partial charge in [0.15, 0.2) is 5.96 Å². The molecule has 2 aromatic rings. The fourth-order valence-electron chi connectivity index (χ4n) is 2.56. The van der Waals surface area contributed by atoms with Crippen LogP contribution in [0.5, 0.6) is 5.75 Å². The summed E-state index contributed by atoms with van der Waals surface area (Å²) in [6, 6.07) is 9.78. The summed E-state index contributed by atoms with van der Waals surface area (Å²) in [6.07, 6.45) is -0.539. The largest absolute Gasteiger partial charge is 0.481 e. The minimum atomic E-state index is -1.24. The first-order valence-electron chi connectivity index (χ1n) is 9.35. The molecule has 13 heteroatoms. The van der Waals surface area contributed by atoms with Gasteiger partial charge in [0, 0.05) is 24.4 Å². The third-order valence-electron chi connectivity index (χ3n) is 4.18. The molecule has 0 spiro atoms. The van der Waals surface area contributed by atoms with Crippen molar-refractivity contribution in [3.05, 3.63) is 58.6 Å². The summed E-state index contributed by atoms with van der Waals surface area (Å²) in [6.45, 7) is 0.285. The SMILES string of the molecule is CN(SNCc1ccc(OC(=O)c2ccc(NC(=N)N)cc2)c(Cl)c1)C(CC(=O)O)C(=O)O. The molecule has 0 radical (unpaired) electrons. The second kappa shape index (κ2) is 12.1. The van der Waals surface area contributed by atoms with Crippen molar-refractivity contribution in [2.75, 3.05) is 12.4 Å². The predicted molar refractivity (Wildman–Crippen MR) is 124 cm³/mol. The lowest BCUT2D eigenvalue weighted by Crippen LogP contribution is -2.37. The fraction of sp³-hybridized carbons (Fsp3) is 0.200. The Morgan fingerprint density at radius 1 is 1.21 bits per heavy atom. The van der Waals surface area contributed by atoms with Crippen molar-refractivity contribution >= 4 is 53.3 Å². The van der Waals surface area contributed by atoms with E-state index in [2.05, 4.69) is 10.0 Å². The van der Waals surface area contributed by atoms with Crippen LogP contribution in [0.3, 0.4) is 0 Å². The minimum Gasteiger partial charge on any atom is -0.481 e. The Hall–Kier alpha value is -3.32. The fourth-order valence-corrected chi connectivity index (χ4v) is 3.53. The van der Waals surface area contributed by atoms with E-state index in [0.29, 0.717) is 5.69 Å².